The van der Waals surface area contributed by atoms with Crippen molar-refractivity contribution in [2.45, 2.75) is 51.0 Å². The molecular weight excluding hydrogens is 352 g/mol. The fraction of sp³-hybridized carbons (Fsp3) is 0.632. The minimum atomic E-state index is -3.64. The maximum Gasteiger partial charge on any atom is 0.243 e. The van der Waals surface area contributed by atoms with Gasteiger partial charge in [-0.2, -0.15) is 4.31 Å². The second-order valence-electron chi connectivity index (χ2n) is 7.50. The summed E-state index contributed by atoms with van der Waals surface area (Å²) in [5.41, 5.74) is 0.531. The Morgan fingerprint density at radius 2 is 2.00 bits per heavy atom. The lowest BCUT2D eigenvalue weighted by Gasteiger charge is -2.39. The average Bonchev–Trinajstić information content (AvgIpc) is 2.62. The largest absolute Gasteiger partial charge is 0.490 e. The highest BCUT2D eigenvalue weighted by Gasteiger charge is 2.36. The number of anilines is 1. The number of hydrogen-bond acceptors (Lipinski definition) is 4. The molecule has 1 aromatic rings. The van der Waals surface area contributed by atoms with Crippen LogP contribution in [0.3, 0.4) is 0 Å². The summed E-state index contributed by atoms with van der Waals surface area (Å²) in [6.07, 6.45) is 3.08. The van der Waals surface area contributed by atoms with Crippen LogP contribution in [0.4, 0.5) is 5.69 Å². The summed E-state index contributed by atoms with van der Waals surface area (Å²) in [4.78, 5) is 13.7. The van der Waals surface area contributed by atoms with Crippen LogP contribution < -0.4 is 9.64 Å². The molecule has 0 saturated heterocycles. The van der Waals surface area contributed by atoms with Gasteiger partial charge in [-0.15, -0.1) is 0 Å². The number of ether oxygens (including phenoxy) is 1. The zero-order valence-corrected chi connectivity index (χ0v) is 16.8. The number of rotatable bonds is 3. The van der Waals surface area contributed by atoms with Crippen molar-refractivity contribution in [2.24, 2.45) is 11.8 Å². The molecule has 0 bridgehead atoms. The van der Waals surface area contributed by atoms with Gasteiger partial charge in [0.1, 0.15) is 12.4 Å². The Bertz CT molecular complexity index is 793. The molecule has 1 aliphatic carbocycles. The zero-order valence-electron chi connectivity index (χ0n) is 15.9. The van der Waals surface area contributed by atoms with E-state index in [-0.39, 0.29) is 16.8 Å². The van der Waals surface area contributed by atoms with Crippen molar-refractivity contribution in [1.82, 2.24) is 4.31 Å². The molecule has 1 aromatic carbocycles. The van der Waals surface area contributed by atoms with Crippen LogP contribution >= 0.6 is 0 Å². The van der Waals surface area contributed by atoms with Gasteiger partial charge in [-0.3, -0.25) is 4.79 Å². The Balaban J connectivity index is 1.95. The third kappa shape index (κ3) is 3.34. The van der Waals surface area contributed by atoms with Gasteiger partial charge >= 0.3 is 0 Å². The number of carbonyl (C=O) groups is 1. The first-order valence-electron chi connectivity index (χ1n) is 9.26. The summed E-state index contributed by atoms with van der Waals surface area (Å²) in [7, 11) is -1.96. The quantitative estimate of drug-likeness (QED) is 0.809. The lowest BCUT2D eigenvalue weighted by Crippen LogP contribution is -2.45. The van der Waals surface area contributed by atoms with Crippen LogP contribution in [0.5, 0.6) is 5.75 Å². The van der Waals surface area contributed by atoms with E-state index in [2.05, 4.69) is 13.8 Å². The van der Waals surface area contributed by atoms with Crippen LogP contribution in [-0.4, -0.2) is 44.9 Å². The second kappa shape index (κ2) is 7.19. The molecule has 144 valence electrons. The van der Waals surface area contributed by atoms with E-state index in [0.29, 0.717) is 36.4 Å². The molecule has 1 fully saturated rings. The molecule has 3 atom stereocenters. The fourth-order valence-corrected chi connectivity index (χ4v) is 5.58. The molecule has 1 amide bonds. The highest BCUT2D eigenvalue weighted by Crippen LogP contribution is 2.37. The summed E-state index contributed by atoms with van der Waals surface area (Å²) in [5.74, 6) is 1.26. The first-order chi connectivity index (χ1) is 12.2. The predicted molar refractivity (Wildman–Crippen MR) is 101 cm³/mol. The number of sulfonamides is 1. The maximum absolute atomic E-state index is 13.2. The number of fused-ring (bicyclic) bond motifs is 1. The summed E-state index contributed by atoms with van der Waals surface area (Å²) in [6, 6.07) is 4.79. The summed E-state index contributed by atoms with van der Waals surface area (Å²) >= 11 is 0. The number of amides is 1. The van der Waals surface area contributed by atoms with Crippen LogP contribution in [0.15, 0.2) is 23.1 Å². The van der Waals surface area contributed by atoms with Gasteiger partial charge in [0.05, 0.1) is 17.1 Å². The molecule has 7 heteroatoms. The summed E-state index contributed by atoms with van der Waals surface area (Å²) < 4.78 is 33.6. The number of nitrogens with zero attached hydrogens (tertiary/aromatic N) is 2. The molecule has 0 radical (unpaired) electrons. The lowest BCUT2D eigenvalue weighted by atomic mass is 9.78. The van der Waals surface area contributed by atoms with Gasteiger partial charge in [0.2, 0.25) is 15.9 Å². The molecule has 6 nitrogen and oxygen atoms in total. The molecule has 1 saturated carbocycles. The Morgan fingerprint density at radius 1 is 1.27 bits per heavy atom. The Hall–Kier alpha value is -1.60. The second-order valence-corrected chi connectivity index (χ2v) is 9.50. The first kappa shape index (κ1) is 19.2. The SMILES string of the molecule is CC(=O)N1CCOc2ccc(S(=O)(=O)N(C)[C@@H]3CCC[C@H](C)[C@@H]3C)cc21. The topological polar surface area (TPSA) is 66.9 Å². The van der Waals surface area contributed by atoms with Crippen molar-refractivity contribution < 1.29 is 17.9 Å². The normalized spacial score (nSPS) is 26.3. The van der Waals surface area contributed by atoms with Crippen molar-refractivity contribution in [3.05, 3.63) is 18.2 Å². The Morgan fingerprint density at radius 3 is 2.69 bits per heavy atom. The highest BCUT2D eigenvalue weighted by atomic mass is 32.2. The third-order valence-electron chi connectivity index (χ3n) is 5.98. The number of hydrogen-bond donors (Lipinski definition) is 0. The standard InChI is InChI=1S/C19H28N2O4S/c1-13-6-5-7-17(14(13)2)20(4)26(23,24)16-8-9-19-18(12-16)21(15(3)22)10-11-25-19/h8-9,12-14,17H,5-7,10-11H2,1-4H3/t13-,14-,17+/m0/s1. The maximum atomic E-state index is 13.2. The van der Waals surface area contributed by atoms with Crippen LogP contribution in [0.2, 0.25) is 0 Å². The van der Waals surface area contributed by atoms with E-state index in [1.54, 1.807) is 30.1 Å². The van der Waals surface area contributed by atoms with Crippen molar-refractivity contribution in [2.75, 3.05) is 25.1 Å². The molecular formula is C19H28N2O4S. The van der Waals surface area contributed by atoms with Crippen LogP contribution in [0.25, 0.3) is 0 Å². The van der Waals surface area contributed by atoms with E-state index >= 15 is 0 Å². The minimum absolute atomic E-state index is 0.0000532. The van der Waals surface area contributed by atoms with Crippen LogP contribution in [0, 0.1) is 11.8 Å². The number of benzene rings is 1. The van der Waals surface area contributed by atoms with Gasteiger partial charge in [-0.1, -0.05) is 26.7 Å². The van der Waals surface area contributed by atoms with Crippen LogP contribution in [-0.2, 0) is 14.8 Å². The smallest absolute Gasteiger partial charge is 0.243 e. The van der Waals surface area contributed by atoms with Crippen molar-refractivity contribution >= 4 is 21.6 Å². The first-order valence-corrected chi connectivity index (χ1v) is 10.7. The zero-order chi connectivity index (χ0) is 19.1. The molecule has 2 aliphatic rings. The van der Waals surface area contributed by atoms with Crippen molar-refractivity contribution in [3.63, 3.8) is 0 Å². The van der Waals surface area contributed by atoms with E-state index in [0.717, 1.165) is 19.3 Å². The highest BCUT2D eigenvalue weighted by molar-refractivity contribution is 7.89. The van der Waals surface area contributed by atoms with E-state index in [9.17, 15) is 13.2 Å². The van der Waals surface area contributed by atoms with Gasteiger partial charge in [0, 0.05) is 20.0 Å². The van der Waals surface area contributed by atoms with E-state index in [1.807, 2.05) is 0 Å². The average molecular weight is 381 g/mol. The molecule has 3 rings (SSSR count). The lowest BCUT2D eigenvalue weighted by molar-refractivity contribution is -0.116. The molecule has 26 heavy (non-hydrogen) atoms. The van der Waals surface area contributed by atoms with Gasteiger partial charge in [-0.25, -0.2) is 8.42 Å². The Kier molecular flexibility index (Phi) is 5.30. The summed E-state index contributed by atoms with van der Waals surface area (Å²) in [6.45, 7) is 6.65. The van der Waals surface area contributed by atoms with E-state index in [4.69, 9.17) is 4.74 Å². The minimum Gasteiger partial charge on any atom is -0.490 e. The third-order valence-corrected chi connectivity index (χ3v) is 7.86. The summed E-state index contributed by atoms with van der Waals surface area (Å²) in [5, 5.41) is 0. The predicted octanol–water partition coefficient (Wildman–Crippen LogP) is 2.88. The van der Waals surface area contributed by atoms with Gasteiger partial charge in [0.25, 0.3) is 0 Å². The molecule has 0 aromatic heterocycles. The van der Waals surface area contributed by atoms with Crippen molar-refractivity contribution in [1.29, 1.82) is 0 Å². The van der Waals surface area contributed by atoms with Gasteiger partial charge in [0.15, 0.2) is 0 Å². The Labute approximate surface area is 156 Å². The van der Waals surface area contributed by atoms with Gasteiger partial charge < -0.3 is 9.64 Å². The number of carbonyl (C=O) groups excluding carboxylic acids is 1. The molecule has 0 spiro atoms. The van der Waals surface area contributed by atoms with E-state index in [1.165, 1.54) is 11.2 Å². The van der Waals surface area contributed by atoms with E-state index < -0.39 is 10.0 Å². The molecule has 1 aliphatic heterocycles. The molecule has 1 heterocycles. The van der Waals surface area contributed by atoms with Crippen LogP contribution in [0.1, 0.15) is 40.0 Å². The van der Waals surface area contributed by atoms with Crippen molar-refractivity contribution in [3.8, 4) is 5.75 Å². The monoisotopic (exact) mass is 380 g/mol. The fourth-order valence-electron chi connectivity index (χ4n) is 4.10. The molecule has 0 N–H and O–H groups in total. The van der Waals surface area contributed by atoms with Gasteiger partial charge in [-0.05, 0) is 36.5 Å². The molecule has 0 unspecified atom stereocenters.